The number of unbranched alkanes of at least 4 members (excludes halogenated alkanes) is 29. The first-order valence-electron chi connectivity index (χ1n) is 31.7. The van der Waals surface area contributed by atoms with E-state index in [9.17, 15) is 19.5 Å². The predicted molar refractivity (Wildman–Crippen MR) is 324 cm³/mol. The lowest BCUT2D eigenvalue weighted by molar-refractivity contribution is -0.870. The molecule has 0 amide bonds. The lowest BCUT2D eigenvalue weighted by Crippen LogP contribution is -2.44. The Balaban J connectivity index is 4.02. The number of likely N-dealkylation sites (N-methyl/N-ethyl adjacent to an activating group) is 1. The number of allylic oxidation sites excluding steroid dienone is 14. The molecule has 2 unspecified atom stereocenters. The third-order valence-corrected chi connectivity index (χ3v) is 13.7. The smallest absolute Gasteiger partial charge is 0.306 e. The van der Waals surface area contributed by atoms with Gasteiger partial charge in [-0.25, -0.2) is 0 Å². The van der Waals surface area contributed by atoms with Crippen molar-refractivity contribution in [3.8, 4) is 0 Å². The average Bonchev–Trinajstić information content (AvgIpc) is 3.40. The molecule has 0 aromatic heterocycles. The van der Waals surface area contributed by atoms with Crippen molar-refractivity contribution in [2.75, 3.05) is 47.5 Å². The summed E-state index contributed by atoms with van der Waals surface area (Å²) in [5.41, 5.74) is 0. The van der Waals surface area contributed by atoms with Crippen LogP contribution in [-0.4, -0.2) is 82.3 Å². The number of carboxylic acids is 1. The number of esters is 2. The van der Waals surface area contributed by atoms with Gasteiger partial charge in [0.25, 0.3) is 0 Å². The molecule has 0 aromatic carbocycles. The van der Waals surface area contributed by atoms with Crippen LogP contribution in [0.4, 0.5) is 0 Å². The molecule has 0 saturated heterocycles. The highest BCUT2D eigenvalue weighted by molar-refractivity contribution is 5.70. The molecule has 0 aliphatic carbocycles. The van der Waals surface area contributed by atoms with Crippen LogP contribution in [-0.2, 0) is 33.3 Å². The monoisotopic (exact) mass is 1080 g/mol. The summed E-state index contributed by atoms with van der Waals surface area (Å²) in [6, 6.07) is 0. The second kappa shape index (κ2) is 58.6. The molecule has 0 saturated carbocycles. The Kier molecular flexibility index (Phi) is 55.9. The highest BCUT2D eigenvalue weighted by Gasteiger charge is 2.22. The number of hydrogen-bond acceptors (Lipinski definition) is 8. The highest BCUT2D eigenvalue weighted by Crippen LogP contribution is 2.17. The molecular formula is C68H119NO8. The second-order valence-electron chi connectivity index (χ2n) is 22.3. The molecule has 0 aliphatic rings. The van der Waals surface area contributed by atoms with E-state index in [0.717, 1.165) is 77.0 Å². The van der Waals surface area contributed by atoms with Gasteiger partial charge in [-0.15, -0.1) is 0 Å². The van der Waals surface area contributed by atoms with Gasteiger partial charge in [-0.05, 0) is 70.6 Å². The zero-order valence-corrected chi connectivity index (χ0v) is 50.6. The number of carbonyl (C=O) groups is 3. The van der Waals surface area contributed by atoms with Crippen molar-refractivity contribution in [2.24, 2.45) is 0 Å². The van der Waals surface area contributed by atoms with Gasteiger partial charge in [0.05, 0.1) is 40.3 Å². The molecule has 0 spiro atoms. The molecule has 0 aromatic rings. The van der Waals surface area contributed by atoms with Gasteiger partial charge in [0.2, 0.25) is 0 Å². The van der Waals surface area contributed by atoms with E-state index in [0.29, 0.717) is 23.9 Å². The molecular weight excluding hydrogens is 959 g/mol. The minimum absolute atomic E-state index is 0.148. The van der Waals surface area contributed by atoms with E-state index >= 15 is 0 Å². The molecule has 0 heterocycles. The van der Waals surface area contributed by atoms with Crippen molar-refractivity contribution in [1.82, 2.24) is 0 Å². The van der Waals surface area contributed by atoms with Crippen LogP contribution in [0.25, 0.3) is 0 Å². The standard InChI is InChI=1S/C68H119NO8/c1-6-8-10-12-14-16-18-20-21-22-23-24-25-26-27-28-29-30-31-32-33-34-35-36-37-38-39-40-41-42-43-44-45-47-49-51-53-55-57-59-66(71)77-64(63-76-68(67(72)73)74-61-60-69(3,4)5)62-75-65(70)58-56-54-52-50-48-46-19-17-15-13-11-9-7-2/h8,10,14,16,20-21,23-24,26-27,29-30,32-33,64,68H,6-7,9,11-13,15,17-19,22,25,28,31,34-63H2,1-5H3/b10-8-,16-14-,21-20-,24-23-,27-26-,30-29-,33-32-. The van der Waals surface area contributed by atoms with Crippen LogP contribution in [0.3, 0.4) is 0 Å². The van der Waals surface area contributed by atoms with Crippen molar-refractivity contribution in [3.63, 3.8) is 0 Å². The van der Waals surface area contributed by atoms with Crippen molar-refractivity contribution >= 4 is 17.9 Å². The fourth-order valence-corrected chi connectivity index (χ4v) is 8.81. The fourth-order valence-electron chi connectivity index (χ4n) is 8.81. The molecule has 0 rings (SSSR count). The third-order valence-electron chi connectivity index (χ3n) is 13.7. The molecule has 0 fully saturated rings. The van der Waals surface area contributed by atoms with E-state index in [1.54, 1.807) is 0 Å². The first-order chi connectivity index (χ1) is 37.6. The van der Waals surface area contributed by atoms with Gasteiger partial charge in [0, 0.05) is 12.8 Å². The Hall–Kier alpha value is -3.53. The van der Waals surface area contributed by atoms with E-state index in [2.05, 4.69) is 98.9 Å². The Morgan fingerprint density at radius 3 is 1.10 bits per heavy atom. The summed E-state index contributed by atoms with van der Waals surface area (Å²) in [6.45, 7) is 4.65. The summed E-state index contributed by atoms with van der Waals surface area (Å²) in [5.74, 6) is -2.27. The molecule has 0 radical (unpaired) electrons. The van der Waals surface area contributed by atoms with Gasteiger partial charge in [-0.2, -0.15) is 0 Å². The Morgan fingerprint density at radius 1 is 0.403 bits per heavy atom. The Labute approximate surface area is 474 Å². The van der Waals surface area contributed by atoms with Crippen LogP contribution in [0.5, 0.6) is 0 Å². The lowest BCUT2D eigenvalue weighted by Gasteiger charge is -2.26. The number of ether oxygens (including phenoxy) is 4. The van der Waals surface area contributed by atoms with Crippen LogP contribution in [0, 0.1) is 0 Å². The lowest BCUT2D eigenvalue weighted by atomic mass is 10.0. The van der Waals surface area contributed by atoms with Crippen molar-refractivity contribution in [1.29, 1.82) is 0 Å². The quantitative estimate of drug-likeness (QED) is 0.0195. The number of rotatable bonds is 58. The van der Waals surface area contributed by atoms with E-state index in [-0.39, 0.29) is 32.2 Å². The topological polar surface area (TPSA) is 111 Å². The van der Waals surface area contributed by atoms with Gasteiger partial charge in [-0.1, -0.05) is 272 Å². The van der Waals surface area contributed by atoms with Crippen LogP contribution in [0.1, 0.15) is 271 Å². The molecule has 0 N–H and O–H groups in total. The number of nitrogens with zero attached hydrogens (tertiary/aromatic N) is 1. The second-order valence-corrected chi connectivity index (χ2v) is 22.3. The van der Waals surface area contributed by atoms with E-state index in [1.165, 1.54) is 161 Å². The molecule has 9 heteroatoms. The highest BCUT2D eigenvalue weighted by atomic mass is 16.7. The van der Waals surface area contributed by atoms with Crippen LogP contribution < -0.4 is 5.11 Å². The number of carbonyl (C=O) groups excluding carboxylic acids is 3. The number of quaternary nitrogens is 1. The molecule has 2 atom stereocenters. The molecule has 9 nitrogen and oxygen atoms in total. The van der Waals surface area contributed by atoms with Crippen LogP contribution in [0.2, 0.25) is 0 Å². The summed E-state index contributed by atoms with van der Waals surface area (Å²) in [7, 11) is 5.92. The Bertz CT molecular complexity index is 1540. The van der Waals surface area contributed by atoms with E-state index in [1.807, 2.05) is 21.1 Å². The molecule has 0 bridgehead atoms. The maximum atomic E-state index is 12.9. The summed E-state index contributed by atoms with van der Waals surface area (Å²) < 4.78 is 22.7. The normalized spacial score (nSPS) is 13.3. The number of hydrogen-bond donors (Lipinski definition) is 0. The minimum Gasteiger partial charge on any atom is -0.545 e. The molecule has 444 valence electrons. The van der Waals surface area contributed by atoms with Gasteiger partial charge in [-0.3, -0.25) is 9.59 Å². The van der Waals surface area contributed by atoms with Crippen molar-refractivity contribution in [2.45, 2.75) is 283 Å². The first kappa shape index (κ1) is 73.5. The van der Waals surface area contributed by atoms with Crippen LogP contribution >= 0.6 is 0 Å². The number of aliphatic carboxylic acids is 1. The summed E-state index contributed by atoms with van der Waals surface area (Å²) >= 11 is 0. The van der Waals surface area contributed by atoms with Gasteiger partial charge in [0.15, 0.2) is 12.4 Å². The summed E-state index contributed by atoms with van der Waals surface area (Å²) in [6.07, 6.45) is 75.1. The summed E-state index contributed by atoms with van der Waals surface area (Å²) in [5, 5.41) is 11.8. The maximum Gasteiger partial charge on any atom is 0.306 e. The van der Waals surface area contributed by atoms with Crippen LogP contribution in [0.15, 0.2) is 85.1 Å². The van der Waals surface area contributed by atoms with Crippen molar-refractivity contribution < 1.29 is 42.9 Å². The number of carboxylic acid groups (broad SMARTS) is 1. The van der Waals surface area contributed by atoms with E-state index < -0.39 is 24.3 Å². The largest absolute Gasteiger partial charge is 0.545 e. The van der Waals surface area contributed by atoms with Crippen molar-refractivity contribution in [3.05, 3.63) is 85.1 Å². The SMILES string of the molecule is CC/C=C\C/C=C\C/C=C\C/C=C\C/C=C\C/C=C\C/C=C\CCCCCCCCCCCCCCCCCCCC(=O)OC(COC(=O)CCCCCCCCCCCCCCC)COC(OCC[N+](C)(C)C)C(=O)[O-]. The average molecular weight is 1080 g/mol. The van der Waals surface area contributed by atoms with Gasteiger partial charge < -0.3 is 33.3 Å². The first-order valence-corrected chi connectivity index (χ1v) is 31.7. The zero-order chi connectivity index (χ0) is 56.2. The van der Waals surface area contributed by atoms with Gasteiger partial charge in [0.1, 0.15) is 13.2 Å². The summed E-state index contributed by atoms with van der Waals surface area (Å²) in [4.78, 5) is 37.3. The fraction of sp³-hybridized carbons (Fsp3) is 0.750. The predicted octanol–water partition coefficient (Wildman–Crippen LogP) is 17.8. The molecule has 0 aliphatic heterocycles. The zero-order valence-electron chi connectivity index (χ0n) is 50.6. The molecule has 77 heavy (non-hydrogen) atoms. The van der Waals surface area contributed by atoms with Gasteiger partial charge >= 0.3 is 11.9 Å². The Morgan fingerprint density at radius 2 is 0.740 bits per heavy atom. The third kappa shape index (κ3) is 60.0. The minimum atomic E-state index is -1.62. The van der Waals surface area contributed by atoms with E-state index in [4.69, 9.17) is 18.9 Å². The maximum absolute atomic E-state index is 12.9.